The van der Waals surface area contributed by atoms with Gasteiger partial charge in [0.2, 0.25) is 5.91 Å². The van der Waals surface area contributed by atoms with Crippen LogP contribution in [-0.2, 0) is 17.8 Å². The number of hydrogen-bond acceptors (Lipinski definition) is 3. The molecule has 0 radical (unpaired) electrons. The van der Waals surface area contributed by atoms with Crippen LogP contribution < -0.4 is 0 Å². The number of aromatic nitrogens is 1. The second-order valence-electron chi connectivity index (χ2n) is 7.01. The van der Waals surface area contributed by atoms with Crippen LogP contribution in [0.2, 0.25) is 0 Å². The lowest BCUT2D eigenvalue weighted by Crippen LogP contribution is -2.48. The SMILES string of the molecule is Cc1ccc(CC(=O)N(C)[C@H]2CCCN(Cc3ccccc3)C2)cn1. The maximum absolute atomic E-state index is 12.6. The highest BCUT2D eigenvalue weighted by Gasteiger charge is 2.26. The van der Waals surface area contributed by atoms with Crippen molar-refractivity contribution in [2.24, 2.45) is 0 Å². The van der Waals surface area contributed by atoms with Crippen LogP contribution in [0.25, 0.3) is 0 Å². The van der Waals surface area contributed by atoms with Gasteiger partial charge in [0, 0.05) is 38.1 Å². The Bertz CT molecular complexity index is 684. The summed E-state index contributed by atoms with van der Waals surface area (Å²) in [5.74, 6) is 0.178. The number of amides is 1. The first-order valence-corrected chi connectivity index (χ1v) is 9.05. The number of nitrogens with zero attached hydrogens (tertiary/aromatic N) is 3. The number of rotatable bonds is 5. The van der Waals surface area contributed by atoms with Gasteiger partial charge in [-0.15, -0.1) is 0 Å². The smallest absolute Gasteiger partial charge is 0.227 e. The van der Waals surface area contributed by atoms with Crippen molar-refractivity contribution in [2.45, 2.75) is 38.8 Å². The van der Waals surface area contributed by atoms with Gasteiger partial charge in [0.15, 0.2) is 0 Å². The molecule has 4 heteroatoms. The monoisotopic (exact) mass is 337 g/mol. The van der Waals surface area contributed by atoms with Crippen molar-refractivity contribution in [2.75, 3.05) is 20.1 Å². The van der Waals surface area contributed by atoms with E-state index >= 15 is 0 Å². The molecular formula is C21H27N3O. The zero-order valence-corrected chi connectivity index (χ0v) is 15.2. The van der Waals surface area contributed by atoms with Gasteiger partial charge in [0.1, 0.15) is 0 Å². The van der Waals surface area contributed by atoms with Gasteiger partial charge in [0.05, 0.1) is 6.42 Å². The van der Waals surface area contributed by atoms with Crippen molar-refractivity contribution in [1.82, 2.24) is 14.8 Å². The highest BCUT2D eigenvalue weighted by molar-refractivity contribution is 5.78. The molecule has 1 fully saturated rings. The summed E-state index contributed by atoms with van der Waals surface area (Å²) in [6, 6.07) is 14.8. The van der Waals surface area contributed by atoms with E-state index in [0.29, 0.717) is 12.5 Å². The van der Waals surface area contributed by atoms with E-state index in [-0.39, 0.29) is 5.91 Å². The van der Waals surface area contributed by atoms with E-state index in [0.717, 1.165) is 43.7 Å². The van der Waals surface area contributed by atoms with Crippen molar-refractivity contribution in [1.29, 1.82) is 0 Å². The number of hydrogen-bond donors (Lipinski definition) is 0. The first-order chi connectivity index (χ1) is 12.1. The van der Waals surface area contributed by atoms with Crippen molar-refractivity contribution in [3.8, 4) is 0 Å². The van der Waals surface area contributed by atoms with Crippen LogP contribution in [0, 0.1) is 6.92 Å². The summed E-state index contributed by atoms with van der Waals surface area (Å²) in [7, 11) is 1.95. The summed E-state index contributed by atoms with van der Waals surface area (Å²) in [6.45, 7) is 4.97. The molecule has 0 spiro atoms. The molecule has 2 heterocycles. The second kappa shape index (κ2) is 8.26. The average molecular weight is 337 g/mol. The third-order valence-corrected chi connectivity index (χ3v) is 5.00. The lowest BCUT2D eigenvalue weighted by atomic mass is 10.0. The van der Waals surface area contributed by atoms with Gasteiger partial charge in [-0.05, 0) is 43.5 Å². The molecule has 0 N–H and O–H groups in total. The Morgan fingerprint density at radius 1 is 1.20 bits per heavy atom. The minimum Gasteiger partial charge on any atom is -0.341 e. The topological polar surface area (TPSA) is 36.4 Å². The van der Waals surface area contributed by atoms with Gasteiger partial charge < -0.3 is 4.90 Å². The quantitative estimate of drug-likeness (QED) is 0.841. The number of carbonyl (C=O) groups excluding carboxylic acids is 1. The maximum atomic E-state index is 12.6. The van der Waals surface area contributed by atoms with Crippen LogP contribution in [0.15, 0.2) is 48.7 Å². The summed E-state index contributed by atoms with van der Waals surface area (Å²) in [6.07, 6.45) is 4.46. The molecule has 4 nitrogen and oxygen atoms in total. The lowest BCUT2D eigenvalue weighted by molar-refractivity contribution is -0.132. The highest BCUT2D eigenvalue weighted by Crippen LogP contribution is 2.18. The molecule has 2 aromatic rings. The first-order valence-electron chi connectivity index (χ1n) is 9.05. The fraction of sp³-hybridized carbons (Fsp3) is 0.429. The molecule has 0 unspecified atom stereocenters. The van der Waals surface area contributed by atoms with Gasteiger partial charge >= 0.3 is 0 Å². The number of aryl methyl sites for hydroxylation is 1. The molecule has 0 saturated carbocycles. The summed E-state index contributed by atoms with van der Waals surface area (Å²) in [5, 5.41) is 0. The van der Waals surface area contributed by atoms with E-state index in [4.69, 9.17) is 0 Å². The van der Waals surface area contributed by atoms with Crippen molar-refractivity contribution < 1.29 is 4.79 Å². The van der Waals surface area contributed by atoms with Gasteiger partial charge in [-0.2, -0.15) is 0 Å². The zero-order valence-electron chi connectivity index (χ0n) is 15.2. The minimum absolute atomic E-state index is 0.178. The highest BCUT2D eigenvalue weighted by atomic mass is 16.2. The van der Waals surface area contributed by atoms with Crippen molar-refractivity contribution >= 4 is 5.91 Å². The van der Waals surface area contributed by atoms with Crippen LogP contribution in [0.4, 0.5) is 0 Å². The summed E-state index contributed by atoms with van der Waals surface area (Å²) >= 11 is 0. The van der Waals surface area contributed by atoms with Gasteiger partial charge in [-0.25, -0.2) is 0 Å². The Labute approximate surface area is 150 Å². The fourth-order valence-corrected chi connectivity index (χ4v) is 3.44. The standard InChI is InChI=1S/C21H27N3O/c1-17-10-11-19(14-22-17)13-21(25)23(2)20-9-6-12-24(16-20)15-18-7-4-3-5-8-18/h3-5,7-8,10-11,14,20H,6,9,12-13,15-16H2,1-2H3/t20-/m0/s1. The maximum Gasteiger partial charge on any atom is 0.227 e. The Balaban J connectivity index is 1.56. The van der Waals surface area contributed by atoms with E-state index in [1.54, 1.807) is 0 Å². The van der Waals surface area contributed by atoms with Gasteiger partial charge in [-0.1, -0.05) is 36.4 Å². The number of benzene rings is 1. The zero-order chi connectivity index (χ0) is 17.6. The van der Waals surface area contributed by atoms with Crippen LogP contribution in [0.3, 0.4) is 0 Å². The first kappa shape index (κ1) is 17.6. The molecule has 1 aliphatic rings. The molecule has 0 bridgehead atoms. The third-order valence-electron chi connectivity index (χ3n) is 5.00. The molecule has 1 aromatic carbocycles. The molecule has 25 heavy (non-hydrogen) atoms. The Kier molecular flexibility index (Phi) is 5.82. The van der Waals surface area contributed by atoms with Crippen LogP contribution in [0.1, 0.15) is 29.7 Å². The predicted molar refractivity (Wildman–Crippen MR) is 100 cm³/mol. The van der Waals surface area contributed by atoms with E-state index < -0.39 is 0 Å². The van der Waals surface area contributed by atoms with Gasteiger partial charge in [-0.3, -0.25) is 14.7 Å². The van der Waals surface area contributed by atoms with Crippen molar-refractivity contribution in [3.05, 3.63) is 65.5 Å². The van der Waals surface area contributed by atoms with Crippen molar-refractivity contribution in [3.63, 3.8) is 0 Å². The molecule has 1 amide bonds. The van der Waals surface area contributed by atoms with Crippen LogP contribution >= 0.6 is 0 Å². The number of pyridine rings is 1. The van der Waals surface area contributed by atoms with E-state index in [1.165, 1.54) is 5.56 Å². The minimum atomic E-state index is 0.178. The lowest BCUT2D eigenvalue weighted by Gasteiger charge is -2.37. The number of likely N-dealkylation sites (N-methyl/N-ethyl adjacent to an activating group) is 1. The summed E-state index contributed by atoms with van der Waals surface area (Å²) < 4.78 is 0. The third kappa shape index (κ3) is 4.89. The predicted octanol–water partition coefficient (Wildman–Crippen LogP) is 3.06. The molecule has 1 aliphatic heterocycles. The van der Waals surface area contributed by atoms with E-state index in [1.807, 2.05) is 37.2 Å². The molecule has 132 valence electrons. The second-order valence-corrected chi connectivity index (χ2v) is 7.01. The fourth-order valence-electron chi connectivity index (χ4n) is 3.44. The molecule has 3 rings (SSSR count). The molecular weight excluding hydrogens is 310 g/mol. The van der Waals surface area contributed by atoms with Crippen LogP contribution in [0.5, 0.6) is 0 Å². The summed E-state index contributed by atoms with van der Waals surface area (Å²) in [5.41, 5.74) is 3.30. The number of likely N-dealkylation sites (tertiary alicyclic amines) is 1. The Morgan fingerprint density at radius 3 is 2.72 bits per heavy atom. The molecule has 1 saturated heterocycles. The largest absolute Gasteiger partial charge is 0.341 e. The molecule has 1 aromatic heterocycles. The average Bonchev–Trinajstić information content (AvgIpc) is 2.64. The normalized spacial score (nSPS) is 18.1. The molecule has 1 atom stereocenters. The number of carbonyl (C=O) groups is 1. The van der Waals surface area contributed by atoms with E-state index in [2.05, 4.69) is 40.2 Å². The van der Waals surface area contributed by atoms with Gasteiger partial charge in [0.25, 0.3) is 0 Å². The number of piperidine rings is 1. The molecule has 0 aliphatic carbocycles. The Hall–Kier alpha value is -2.20. The van der Waals surface area contributed by atoms with Crippen LogP contribution in [-0.4, -0.2) is 46.9 Å². The Morgan fingerprint density at radius 2 is 2.00 bits per heavy atom. The van der Waals surface area contributed by atoms with E-state index in [9.17, 15) is 4.79 Å². The summed E-state index contributed by atoms with van der Waals surface area (Å²) in [4.78, 5) is 21.3.